The first kappa shape index (κ1) is 15.8. The van der Waals surface area contributed by atoms with Crippen LogP contribution < -0.4 is 5.32 Å². The highest BCUT2D eigenvalue weighted by Crippen LogP contribution is 2.24. The van der Waals surface area contributed by atoms with Crippen LogP contribution >= 0.6 is 23.2 Å². The van der Waals surface area contributed by atoms with Crippen LogP contribution in [0.2, 0.25) is 10.0 Å². The molecule has 3 nitrogen and oxygen atoms in total. The maximum Gasteiger partial charge on any atom is 0.227 e. The smallest absolute Gasteiger partial charge is 0.227 e. The molecule has 0 fully saturated rings. The molecule has 0 aliphatic heterocycles. The van der Waals surface area contributed by atoms with Crippen molar-refractivity contribution < 1.29 is 9.90 Å². The number of benzene rings is 2. The summed E-state index contributed by atoms with van der Waals surface area (Å²) >= 11 is 11.8. The number of carbonyl (C=O) groups excluding carboxylic acids is 1. The Morgan fingerprint density at radius 3 is 2.48 bits per heavy atom. The van der Waals surface area contributed by atoms with Crippen molar-refractivity contribution in [2.24, 2.45) is 0 Å². The molecule has 1 unspecified atom stereocenters. The Morgan fingerprint density at radius 2 is 1.86 bits per heavy atom. The number of aryl methyl sites for hydroxylation is 1. The van der Waals surface area contributed by atoms with E-state index in [2.05, 4.69) is 5.32 Å². The zero-order valence-corrected chi connectivity index (χ0v) is 12.9. The number of hydrogen-bond acceptors (Lipinski definition) is 2. The molecule has 0 saturated heterocycles. The maximum absolute atomic E-state index is 11.9. The lowest BCUT2D eigenvalue weighted by Crippen LogP contribution is -2.15. The van der Waals surface area contributed by atoms with E-state index in [0.29, 0.717) is 21.3 Å². The SMILES string of the molecule is Cc1ccc(NC(=O)CC(O)c2ccc(Cl)cc2)c(Cl)c1. The number of carbonyl (C=O) groups is 1. The van der Waals surface area contributed by atoms with E-state index < -0.39 is 6.10 Å². The molecule has 1 amide bonds. The predicted octanol–water partition coefficient (Wildman–Crippen LogP) is 4.36. The third kappa shape index (κ3) is 4.46. The maximum atomic E-state index is 11.9. The van der Waals surface area contributed by atoms with Crippen molar-refractivity contribution in [3.63, 3.8) is 0 Å². The minimum absolute atomic E-state index is 0.0498. The van der Waals surface area contributed by atoms with Gasteiger partial charge in [0.25, 0.3) is 0 Å². The van der Waals surface area contributed by atoms with Gasteiger partial charge in [0.05, 0.1) is 23.2 Å². The Labute approximate surface area is 133 Å². The average molecular weight is 324 g/mol. The zero-order valence-electron chi connectivity index (χ0n) is 11.4. The molecule has 0 aromatic heterocycles. The molecule has 0 heterocycles. The highest BCUT2D eigenvalue weighted by atomic mass is 35.5. The van der Waals surface area contributed by atoms with E-state index in [1.54, 1.807) is 36.4 Å². The van der Waals surface area contributed by atoms with Gasteiger partial charge in [-0.3, -0.25) is 4.79 Å². The third-order valence-electron chi connectivity index (χ3n) is 3.03. The first-order chi connectivity index (χ1) is 9.95. The van der Waals surface area contributed by atoms with Crippen LogP contribution in [0.3, 0.4) is 0 Å². The average Bonchev–Trinajstić information content (AvgIpc) is 2.42. The topological polar surface area (TPSA) is 49.3 Å². The Kier molecular flexibility index (Phi) is 5.23. The van der Waals surface area contributed by atoms with Gasteiger partial charge in [0.1, 0.15) is 0 Å². The lowest BCUT2D eigenvalue weighted by Gasteiger charge is -2.12. The number of halogens is 2. The van der Waals surface area contributed by atoms with Crippen LogP contribution in [0.5, 0.6) is 0 Å². The van der Waals surface area contributed by atoms with E-state index in [4.69, 9.17) is 23.2 Å². The fraction of sp³-hybridized carbons (Fsp3) is 0.188. The fourth-order valence-electron chi connectivity index (χ4n) is 1.90. The van der Waals surface area contributed by atoms with Gasteiger partial charge < -0.3 is 10.4 Å². The van der Waals surface area contributed by atoms with Crippen LogP contribution in [0.4, 0.5) is 5.69 Å². The van der Waals surface area contributed by atoms with Crippen LogP contribution in [0.15, 0.2) is 42.5 Å². The second-order valence-corrected chi connectivity index (χ2v) is 5.65. The number of anilines is 1. The summed E-state index contributed by atoms with van der Waals surface area (Å²) in [5, 5.41) is 13.8. The van der Waals surface area contributed by atoms with E-state index in [0.717, 1.165) is 5.56 Å². The number of rotatable bonds is 4. The number of aliphatic hydroxyl groups excluding tert-OH is 1. The molecule has 2 aromatic rings. The standard InChI is InChI=1S/C16H15Cl2NO2/c1-10-2-7-14(13(18)8-10)19-16(21)9-15(20)11-3-5-12(17)6-4-11/h2-8,15,20H,9H2,1H3,(H,19,21). The van der Waals surface area contributed by atoms with Gasteiger partial charge in [0, 0.05) is 5.02 Å². The van der Waals surface area contributed by atoms with Gasteiger partial charge in [-0.1, -0.05) is 41.4 Å². The van der Waals surface area contributed by atoms with E-state index in [1.807, 2.05) is 13.0 Å². The van der Waals surface area contributed by atoms with Gasteiger partial charge in [0.15, 0.2) is 0 Å². The van der Waals surface area contributed by atoms with Crippen molar-refractivity contribution in [3.05, 3.63) is 63.6 Å². The van der Waals surface area contributed by atoms with E-state index in [1.165, 1.54) is 0 Å². The van der Waals surface area contributed by atoms with Gasteiger partial charge in [-0.25, -0.2) is 0 Å². The first-order valence-corrected chi connectivity index (χ1v) is 7.21. The van der Waals surface area contributed by atoms with Gasteiger partial charge in [-0.15, -0.1) is 0 Å². The Balaban J connectivity index is 1.99. The first-order valence-electron chi connectivity index (χ1n) is 6.45. The molecule has 0 bridgehead atoms. The predicted molar refractivity (Wildman–Crippen MR) is 85.8 cm³/mol. The molecule has 110 valence electrons. The van der Waals surface area contributed by atoms with Crippen LogP contribution in [-0.4, -0.2) is 11.0 Å². The van der Waals surface area contributed by atoms with Gasteiger partial charge in [-0.05, 0) is 42.3 Å². The van der Waals surface area contributed by atoms with Gasteiger partial charge in [-0.2, -0.15) is 0 Å². The number of aliphatic hydroxyl groups is 1. The quantitative estimate of drug-likeness (QED) is 0.878. The Hall–Kier alpha value is -1.55. The summed E-state index contributed by atoms with van der Waals surface area (Å²) in [5.74, 6) is -0.303. The van der Waals surface area contributed by atoms with Gasteiger partial charge >= 0.3 is 0 Å². The second kappa shape index (κ2) is 6.94. The number of nitrogens with one attached hydrogen (secondary N) is 1. The summed E-state index contributed by atoms with van der Waals surface area (Å²) in [5.41, 5.74) is 2.19. The van der Waals surface area contributed by atoms with Crippen LogP contribution in [0.25, 0.3) is 0 Å². The molecule has 1 atom stereocenters. The summed E-state index contributed by atoms with van der Waals surface area (Å²) in [6.07, 6.45) is -0.933. The van der Waals surface area contributed by atoms with E-state index >= 15 is 0 Å². The molecule has 2 N–H and O–H groups in total. The monoisotopic (exact) mass is 323 g/mol. The molecule has 0 aliphatic carbocycles. The van der Waals surface area contributed by atoms with E-state index in [9.17, 15) is 9.90 Å². The number of hydrogen-bond donors (Lipinski definition) is 2. The van der Waals surface area contributed by atoms with Crippen LogP contribution in [0, 0.1) is 6.92 Å². The molecule has 0 radical (unpaired) electrons. The molecule has 0 aliphatic rings. The summed E-state index contributed by atoms with van der Waals surface area (Å²) in [7, 11) is 0. The minimum Gasteiger partial charge on any atom is -0.388 e. The minimum atomic E-state index is -0.883. The summed E-state index contributed by atoms with van der Waals surface area (Å²) in [6, 6.07) is 12.1. The molecule has 2 aromatic carbocycles. The lowest BCUT2D eigenvalue weighted by atomic mass is 10.1. The highest BCUT2D eigenvalue weighted by molar-refractivity contribution is 6.33. The second-order valence-electron chi connectivity index (χ2n) is 4.80. The lowest BCUT2D eigenvalue weighted by molar-refractivity contribution is -0.118. The van der Waals surface area contributed by atoms with Gasteiger partial charge in [0.2, 0.25) is 5.91 Å². The Bertz CT molecular complexity index is 641. The van der Waals surface area contributed by atoms with Crippen LogP contribution in [0.1, 0.15) is 23.7 Å². The molecule has 5 heteroatoms. The third-order valence-corrected chi connectivity index (χ3v) is 3.60. The largest absolute Gasteiger partial charge is 0.388 e. The zero-order chi connectivity index (χ0) is 15.4. The molecular formula is C16H15Cl2NO2. The molecular weight excluding hydrogens is 309 g/mol. The van der Waals surface area contributed by atoms with Crippen molar-refractivity contribution in [1.82, 2.24) is 0 Å². The summed E-state index contributed by atoms with van der Waals surface area (Å²) < 4.78 is 0. The molecule has 0 spiro atoms. The Morgan fingerprint density at radius 1 is 1.19 bits per heavy atom. The van der Waals surface area contributed by atoms with Crippen molar-refractivity contribution in [2.75, 3.05) is 5.32 Å². The summed E-state index contributed by atoms with van der Waals surface area (Å²) in [4.78, 5) is 11.9. The summed E-state index contributed by atoms with van der Waals surface area (Å²) in [6.45, 7) is 1.92. The van der Waals surface area contributed by atoms with Crippen molar-refractivity contribution in [1.29, 1.82) is 0 Å². The molecule has 21 heavy (non-hydrogen) atoms. The molecule has 2 rings (SSSR count). The van der Waals surface area contributed by atoms with Crippen molar-refractivity contribution in [3.8, 4) is 0 Å². The highest BCUT2D eigenvalue weighted by Gasteiger charge is 2.14. The van der Waals surface area contributed by atoms with E-state index in [-0.39, 0.29) is 12.3 Å². The molecule has 0 saturated carbocycles. The van der Waals surface area contributed by atoms with Crippen LogP contribution in [-0.2, 0) is 4.79 Å². The van der Waals surface area contributed by atoms with Crippen molar-refractivity contribution >= 4 is 34.8 Å². The normalized spacial score (nSPS) is 12.0. The fourth-order valence-corrected chi connectivity index (χ4v) is 2.31. The van der Waals surface area contributed by atoms with Crippen molar-refractivity contribution in [2.45, 2.75) is 19.4 Å². The number of amides is 1.